The molecule has 5 atom stereocenters. The number of rotatable bonds is 1. The fraction of sp³-hybridized carbons (Fsp3) is 1.00. The summed E-state index contributed by atoms with van der Waals surface area (Å²) < 4.78 is 23.1. The molecule has 17 heavy (non-hydrogen) atoms. The van der Waals surface area contributed by atoms with Gasteiger partial charge in [0.15, 0.2) is 9.84 Å². The normalized spacial score (nSPS) is 49.6. The third-order valence-corrected chi connectivity index (χ3v) is 6.40. The van der Waals surface area contributed by atoms with Crippen molar-refractivity contribution in [3.63, 3.8) is 0 Å². The minimum atomic E-state index is -3.04. The standard InChI is InChI=1S/C11H20N2O3S/c1-7-9-3-12-2-8(9)4-13(7)10-5-17(15,16)6-11(10)14/h7-12,14H,2-6H2,1H3. The van der Waals surface area contributed by atoms with Crippen LogP contribution in [0, 0.1) is 11.8 Å². The molecule has 3 fully saturated rings. The molecule has 2 N–H and O–H groups in total. The molecule has 0 aromatic rings. The maximum Gasteiger partial charge on any atom is 0.154 e. The highest BCUT2D eigenvalue weighted by molar-refractivity contribution is 7.91. The van der Waals surface area contributed by atoms with Crippen LogP contribution in [0.5, 0.6) is 0 Å². The highest BCUT2D eigenvalue weighted by Gasteiger charge is 2.49. The van der Waals surface area contributed by atoms with Gasteiger partial charge in [0.25, 0.3) is 0 Å². The zero-order chi connectivity index (χ0) is 12.2. The lowest BCUT2D eigenvalue weighted by molar-refractivity contribution is 0.0720. The number of nitrogens with zero attached hydrogens (tertiary/aromatic N) is 1. The zero-order valence-electron chi connectivity index (χ0n) is 10.0. The SMILES string of the molecule is CC1C2CNCC2CN1C1CS(=O)(=O)CC1O. The zero-order valence-corrected chi connectivity index (χ0v) is 10.9. The van der Waals surface area contributed by atoms with Crippen molar-refractivity contribution in [2.45, 2.75) is 25.1 Å². The third kappa shape index (κ3) is 1.91. The van der Waals surface area contributed by atoms with Crippen LogP contribution in [0.3, 0.4) is 0 Å². The fourth-order valence-corrected chi connectivity index (χ4v) is 5.58. The highest BCUT2D eigenvalue weighted by atomic mass is 32.2. The Kier molecular flexibility index (Phi) is 2.74. The molecule has 0 radical (unpaired) electrons. The topological polar surface area (TPSA) is 69.6 Å². The first-order chi connectivity index (χ1) is 7.98. The van der Waals surface area contributed by atoms with Crippen LogP contribution < -0.4 is 5.32 Å². The summed E-state index contributed by atoms with van der Waals surface area (Å²) in [5, 5.41) is 13.3. The molecule has 6 heteroatoms. The van der Waals surface area contributed by atoms with Crippen molar-refractivity contribution in [1.82, 2.24) is 10.2 Å². The van der Waals surface area contributed by atoms with Crippen LogP contribution in [-0.2, 0) is 9.84 Å². The van der Waals surface area contributed by atoms with E-state index in [0.29, 0.717) is 17.9 Å². The first-order valence-electron chi connectivity index (χ1n) is 6.33. The van der Waals surface area contributed by atoms with Crippen LogP contribution in [0.4, 0.5) is 0 Å². The molecule has 0 bridgehead atoms. The van der Waals surface area contributed by atoms with Crippen molar-refractivity contribution >= 4 is 9.84 Å². The van der Waals surface area contributed by atoms with E-state index < -0.39 is 15.9 Å². The van der Waals surface area contributed by atoms with Gasteiger partial charge in [-0.1, -0.05) is 0 Å². The van der Waals surface area contributed by atoms with Crippen molar-refractivity contribution in [3.8, 4) is 0 Å². The van der Waals surface area contributed by atoms with E-state index in [1.807, 2.05) is 0 Å². The summed E-state index contributed by atoms with van der Waals surface area (Å²) in [6.07, 6.45) is -0.700. The Bertz CT molecular complexity index is 411. The molecule has 5 nitrogen and oxygen atoms in total. The second-order valence-corrected chi connectivity index (χ2v) is 7.88. The Morgan fingerprint density at radius 1 is 1.29 bits per heavy atom. The van der Waals surface area contributed by atoms with Gasteiger partial charge in [-0.15, -0.1) is 0 Å². The van der Waals surface area contributed by atoms with Gasteiger partial charge < -0.3 is 10.4 Å². The van der Waals surface area contributed by atoms with Crippen LogP contribution >= 0.6 is 0 Å². The monoisotopic (exact) mass is 260 g/mol. The van der Waals surface area contributed by atoms with Gasteiger partial charge in [0.05, 0.1) is 23.7 Å². The molecule has 0 aliphatic carbocycles. The summed E-state index contributed by atoms with van der Waals surface area (Å²) in [6, 6.07) is 0.198. The molecule has 0 amide bonds. The maximum atomic E-state index is 11.6. The van der Waals surface area contributed by atoms with Crippen LogP contribution in [-0.4, -0.2) is 67.8 Å². The molecule has 98 valence electrons. The van der Waals surface area contributed by atoms with Crippen molar-refractivity contribution in [2.75, 3.05) is 31.1 Å². The number of hydrogen-bond acceptors (Lipinski definition) is 5. The van der Waals surface area contributed by atoms with E-state index in [2.05, 4.69) is 17.1 Å². The molecule has 0 aromatic carbocycles. The average molecular weight is 260 g/mol. The molecule has 3 rings (SSSR count). The highest BCUT2D eigenvalue weighted by Crippen LogP contribution is 2.35. The van der Waals surface area contributed by atoms with Gasteiger partial charge in [-0.25, -0.2) is 8.42 Å². The minimum Gasteiger partial charge on any atom is -0.390 e. The second kappa shape index (κ2) is 3.91. The number of likely N-dealkylation sites (tertiary alicyclic amines) is 1. The Hall–Kier alpha value is -0.170. The van der Waals surface area contributed by atoms with Crippen LogP contribution in [0.1, 0.15) is 6.92 Å². The second-order valence-electron chi connectivity index (χ2n) is 5.73. The van der Waals surface area contributed by atoms with Gasteiger partial charge in [-0.2, -0.15) is 0 Å². The van der Waals surface area contributed by atoms with E-state index in [-0.39, 0.29) is 17.5 Å². The molecule has 3 heterocycles. The molecular weight excluding hydrogens is 240 g/mol. The van der Waals surface area contributed by atoms with Crippen LogP contribution in [0.25, 0.3) is 0 Å². The van der Waals surface area contributed by atoms with Crippen molar-refractivity contribution in [1.29, 1.82) is 0 Å². The summed E-state index contributed by atoms with van der Waals surface area (Å²) >= 11 is 0. The minimum absolute atomic E-state index is 0.0610. The Labute approximate surface area is 102 Å². The molecule has 5 unspecified atom stereocenters. The number of aliphatic hydroxyl groups excluding tert-OH is 1. The maximum absolute atomic E-state index is 11.6. The van der Waals surface area contributed by atoms with Gasteiger partial charge in [-0.05, 0) is 31.8 Å². The molecule has 0 saturated carbocycles. The van der Waals surface area contributed by atoms with Crippen LogP contribution in [0.15, 0.2) is 0 Å². The van der Waals surface area contributed by atoms with Gasteiger partial charge in [0.1, 0.15) is 0 Å². The van der Waals surface area contributed by atoms with Gasteiger partial charge in [-0.3, -0.25) is 4.90 Å². The summed E-state index contributed by atoms with van der Waals surface area (Å²) in [5.74, 6) is 1.31. The lowest BCUT2D eigenvalue weighted by Crippen LogP contribution is -2.47. The van der Waals surface area contributed by atoms with E-state index in [4.69, 9.17) is 0 Å². The first kappa shape index (κ1) is 11.9. The van der Waals surface area contributed by atoms with Crippen molar-refractivity contribution in [3.05, 3.63) is 0 Å². The lowest BCUT2D eigenvalue weighted by Gasteiger charge is -2.31. The lowest BCUT2D eigenvalue weighted by atomic mass is 9.95. The summed E-state index contributed by atoms with van der Waals surface area (Å²) in [5.41, 5.74) is 0. The third-order valence-electron chi connectivity index (χ3n) is 4.70. The van der Waals surface area contributed by atoms with Gasteiger partial charge in [0.2, 0.25) is 0 Å². The van der Waals surface area contributed by atoms with Crippen molar-refractivity contribution in [2.24, 2.45) is 11.8 Å². The van der Waals surface area contributed by atoms with Crippen molar-refractivity contribution < 1.29 is 13.5 Å². The largest absolute Gasteiger partial charge is 0.390 e. The van der Waals surface area contributed by atoms with E-state index in [9.17, 15) is 13.5 Å². The molecule has 3 aliphatic rings. The summed E-state index contributed by atoms with van der Waals surface area (Å²) in [4.78, 5) is 2.23. The smallest absolute Gasteiger partial charge is 0.154 e. The predicted octanol–water partition coefficient (Wildman–Crippen LogP) is -1.32. The quantitative estimate of drug-likeness (QED) is 0.612. The molecular formula is C11H20N2O3S. The Morgan fingerprint density at radius 2 is 2.06 bits per heavy atom. The molecule has 0 spiro atoms. The number of hydrogen-bond donors (Lipinski definition) is 2. The molecule has 0 aromatic heterocycles. The molecule has 3 aliphatic heterocycles. The first-order valence-corrected chi connectivity index (χ1v) is 8.15. The van der Waals surface area contributed by atoms with Gasteiger partial charge in [0, 0.05) is 12.6 Å². The fourth-order valence-electron chi connectivity index (χ4n) is 3.77. The van der Waals surface area contributed by atoms with Gasteiger partial charge >= 0.3 is 0 Å². The van der Waals surface area contributed by atoms with E-state index in [0.717, 1.165) is 19.6 Å². The molecule has 3 saturated heterocycles. The summed E-state index contributed by atoms with van der Waals surface area (Å²) in [6.45, 7) is 5.14. The Balaban J connectivity index is 1.78. The van der Waals surface area contributed by atoms with Crippen LogP contribution in [0.2, 0.25) is 0 Å². The number of sulfone groups is 1. The van der Waals surface area contributed by atoms with E-state index in [1.54, 1.807) is 0 Å². The number of nitrogens with one attached hydrogen (secondary N) is 1. The Morgan fingerprint density at radius 3 is 2.65 bits per heavy atom. The predicted molar refractivity (Wildman–Crippen MR) is 64.5 cm³/mol. The summed E-state index contributed by atoms with van der Waals surface area (Å²) in [7, 11) is -3.04. The average Bonchev–Trinajstić information content (AvgIpc) is 2.84. The number of aliphatic hydroxyl groups is 1. The van der Waals surface area contributed by atoms with E-state index >= 15 is 0 Å². The van der Waals surface area contributed by atoms with E-state index in [1.165, 1.54) is 0 Å². The number of fused-ring (bicyclic) bond motifs is 1.